The number of fused-ring (bicyclic) bond motifs is 3. The monoisotopic (exact) mass is 661 g/mol. The Balaban J connectivity index is 0.000000186. The van der Waals surface area contributed by atoms with Crippen molar-refractivity contribution in [2.24, 2.45) is 0 Å². The predicted molar refractivity (Wildman–Crippen MR) is 148 cm³/mol. The molecule has 0 aliphatic heterocycles. The van der Waals surface area contributed by atoms with Crippen molar-refractivity contribution in [1.82, 2.24) is 9.97 Å². The van der Waals surface area contributed by atoms with E-state index in [2.05, 4.69) is 80.1 Å². The third kappa shape index (κ3) is 5.72. The van der Waals surface area contributed by atoms with Crippen LogP contribution in [0.25, 0.3) is 44.5 Å². The van der Waals surface area contributed by atoms with Crippen LogP contribution in [-0.2, 0) is 20.1 Å². The van der Waals surface area contributed by atoms with Crippen LogP contribution in [0.3, 0.4) is 0 Å². The zero-order valence-corrected chi connectivity index (χ0v) is 23.8. The Morgan fingerprint density at radius 3 is 2.32 bits per heavy atom. The van der Waals surface area contributed by atoms with Crippen LogP contribution < -0.4 is 0 Å². The first-order valence-electron chi connectivity index (χ1n) is 12.2. The average molecular weight is 661 g/mol. The molecule has 0 aliphatic rings. The van der Waals surface area contributed by atoms with E-state index in [1.165, 1.54) is 16.7 Å². The molecule has 0 saturated heterocycles. The molecule has 0 amide bonds. The quantitative estimate of drug-likeness (QED) is 0.178. The second-order valence-electron chi connectivity index (χ2n) is 9.25. The fourth-order valence-electron chi connectivity index (χ4n) is 4.15. The number of pyridine rings is 2. The molecule has 0 unspecified atom stereocenters. The second kappa shape index (κ2) is 11.6. The molecule has 1 radical (unpaired) electrons. The molecule has 3 aromatic carbocycles. The van der Waals surface area contributed by atoms with Gasteiger partial charge in [-0.05, 0) is 48.8 Å². The number of aromatic nitrogens is 2. The van der Waals surface area contributed by atoms with E-state index in [4.69, 9.17) is 4.42 Å². The Hall–Kier alpha value is -3.59. The first-order chi connectivity index (χ1) is 17.5. The molecule has 3 aromatic heterocycles. The molecule has 37 heavy (non-hydrogen) atoms. The smallest absolute Gasteiger partial charge is 0.120 e. The Morgan fingerprint density at radius 1 is 0.757 bits per heavy atom. The van der Waals surface area contributed by atoms with Gasteiger partial charge in [-0.1, -0.05) is 66.3 Å². The van der Waals surface area contributed by atoms with Gasteiger partial charge in [-0.25, -0.2) is 0 Å². The summed E-state index contributed by atoms with van der Waals surface area (Å²) in [4.78, 5) is 8.90. The SMILES string of the molecule is CC(C)c1ccnc(-c2[c-]ccc3c2oc2ccccc23)c1.Cc1cnc(-c2[c-]cccc2)cc1C.[Ir]. The van der Waals surface area contributed by atoms with Crippen LogP contribution in [-0.4, -0.2) is 9.97 Å². The summed E-state index contributed by atoms with van der Waals surface area (Å²) < 4.78 is 6.07. The van der Waals surface area contributed by atoms with Gasteiger partial charge < -0.3 is 14.4 Å². The number of nitrogens with zero attached hydrogens (tertiary/aromatic N) is 2. The van der Waals surface area contributed by atoms with Crippen molar-refractivity contribution in [2.75, 3.05) is 0 Å². The maximum absolute atomic E-state index is 6.07. The molecular weight excluding hydrogens is 633 g/mol. The number of rotatable bonds is 3. The van der Waals surface area contributed by atoms with Crippen molar-refractivity contribution < 1.29 is 24.5 Å². The topological polar surface area (TPSA) is 38.9 Å². The molecule has 6 rings (SSSR count). The third-order valence-corrected chi connectivity index (χ3v) is 6.40. The molecular formula is C33H28IrN2O-2. The number of furan rings is 1. The molecule has 6 aromatic rings. The number of hydrogen-bond donors (Lipinski definition) is 0. The number of aryl methyl sites for hydroxylation is 2. The number of para-hydroxylation sites is 1. The average Bonchev–Trinajstić information content (AvgIpc) is 3.30. The minimum absolute atomic E-state index is 0. The summed E-state index contributed by atoms with van der Waals surface area (Å²) in [5.74, 6) is 0.469. The Labute approximate surface area is 232 Å². The van der Waals surface area contributed by atoms with Crippen LogP contribution in [0, 0.1) is 26.0 Å². The first-order valence-corrected chi connectivity index (χ1v) is 12.2. The third-order valence-electron chi connectivity index (χ3n) is 6.40. The fraction of sp³-hybridized carbons (Fsp3) is 0.152. The number of hydrogen-bond acceptors (Lipinski definition) is 3. The van der Waals surface area contributed by atoms with Crippen molar-refractivity contribution in [3.05, 3.63) is 120 Å². The van der Waals surface area contributed by atoms with Crippen LogP contribution in [0.15, 0.2) is 95.7 Å². The minimum Gasteiger partial charge on any atom is -0.501 e. The summed E-state index contributed by atoms with van der Waals surface area (Å²) in [6.07, 6.45) is 3.77. The van der Waals surface area contributed by atoms with Crippen LogP contribution in [0.1, 0.15) is 36.5 Å². The van der Waals surface area contributed by atoms with Gasteiger partial charge in [-0.3, -0.25) is 0 Å². The largest absolute Gasteiger partial charge is 0.501 e. The van der Waals surface area contributed by atoms with Crippen molar-refractivity contribution in [3.63, 3.8) is 0 Å². The fourth-order valence-corrected chi connectivity index (χ4v) is 4.15. The van der Waals surface area contributed by atoms with E-state index < -0.39 is 0 Å². The van der Waals surface area contributed by atoms with Gasteiger partial charge in [0, 0.05) is 37.9 Å². The molecule has 0 spiro atoms. The van der Waals surface area contributed by atoms with Gasteiger partial charge in [0.25, 0.3) is 0 Å². The van der Waals surface area contributed by atoms with E-state index in [1.807, 2.05) is 60.9 Å². The molecule has 3 heterocycles. The molecule has 0 bridgehead atoms. The van der Waals surface area contributed by atoms with Crippen LogP contribution in [0.5, 0.6) is 0 Å². The Bertz CT molecular complexity index is 1640. The van der Waals surface area contributed by atoms with E-state index in [0.29, 0.717) is 5.92 Å². The Morgan fingerprint density at radius 2 is 1.57 bits per heavy atom. The van der Waals surface area contributed by atoms with Crippen LogP contribution in [0.4, 0.5) is 0 Å². The second-order valence-corrected chi connectivity index (χ2v) is 9.25. The molecule has 0 atom stereocenters. The standard InChI is InChI=1S/C20H16NO.C13H12N.Ir/c1-13(2)14-10-11-21-18(12-14)17-8-5-7-16-15-6-3-4-9-19(15)22-20(16)17;1-10-8-13(14-9-11(10)2)12-6-4-3-5-7-12;/h3-7,9-13H,1-2H3;3-6,8-9H,1-2H3;/q2*-1;. The summed E-state index contributed by atoms with van der Waals surface area (Å²) in [5.41, 5.74) is 9.41. The van der Waals surface area contributed by atoms with Crippen LogP contribution >= 0.6 is 0 Å². The summed E-state index contributed by atoms with van der Waals surface area (Å²) >= 11 is 0. The van der Waals surface area contributed by atoms with E-state index in [9.17, 15) is 0 Å². The van der Waals surface area contributed by atoms with Gasteiger partial charge in [0.1, 0.15) is 5.58 Å². The van der Waals surface area contributed by atoms with E-state index >= 15 is 0 Å². The van der Waals surface area contributed by atoms with Gasteiger partial charge in [0.05, 0.1) is 5.58 Å². The van der Waals surface area contributed by atoms with Crippen LogP contribution in [0.2, 0.25) is 0 Å². The zero-order chi connectivity index (χ0) is 25.1. The van der Waals surface area contributed by atoms with Gasteiger partial charge in [0.15, 0.2) is 0 Å². The van der Waals surface area contributed by atoms with E-state index in [-0.39, 0.29) is 20.1 Å². The van der Waals surface area contributed by atoms with Crippen molar-refractivity contribution >= 4 is 21.9 Å². The van der Waals surface area contributed by atoms with Gasteiger partial charge in [-0.2, -0.15) is 0 Å². The summed E-state index contributed by atoms with van der Waals surface area (Å²) in [7, 11) is 0. The summed E-state index contributed by atoms with van der Waals surface area (Å²) in [6, 6.07) is 32.8. The minimum atomic E-state index is 0. The molecule has 0 saturated carbocycles. The van der Waals surface area contributed by atoms with Crippen molar-refractivity contribution in [3.8, 4) is 22.5 Å². The normalized spacial score (nSPS) is 10.7. The molecule has 187 valence electrons. The summed E-state index contributed by atoms with van der Waals surface area (Å²) in [6.45, 7) is 8.54. The molecule has 0 aliphatic carbocycles. The zero-order valence-electron chi connectivity index (χ0n) is 21.4. The van der Waals surface area contributed by atoms with Gasteiger partial charge in [0.2, 0.25) is 0 Å². The van der Waals surface area contributed by atoms with Crippen molar-refractivity contribution in [1.29, 1.82) is 0 Å². The van der Waals surface area contributed by atoms with E-state index in [1.54, 1.807) is 0 Å². The molecule has 3 nitrogen and oxygen atoms in total. The summed E-state index contributed by atoms with van der Waals surface area (Å²) in [5, 5.41) is 2.24. The maximum atomic E-state index is 6.07. The Kier molecular flexibility index (Phi) is 8.33. The van der Waals surface area contributed by atoms with Gasteiger partial charge in [-0.15, -0.1) is 54.1 Å². The molecule has 0 N–H and O–H groups in total. The first kappa shape index (κ1) is 26.5. The predicted octanol–water partition coefficient (Wildman–Crippen LogP) is 8.73. The van der Waals surface area contributed by atoms with Gasteiger partial charge >= 0.3 is 0 Å². The van der Waals surface area contributed by atoms with E-state index in [0.717, 1.165) is 44.5 Å². The van der Waals surface area contributed by atoms with Crippen molar-refractivity contribution in [2.45, 2.75) is 33.6 Å². The number of benzene rings is 3. The maximum Gasteiger partial charge on any atom is 0.120 e. The molecule has 4 heteroatoms. The molecule has 0 fully saturated rings.